The maximum absolute atomic E-state index is 13.1. The van der Waals surface area contributed by atoms with E-state index in [2.05, 4.69) is 20.9 Å². The van der Waals surface area contributed by atoms with Crippen LogP contribution in [0, 0.1) is 5.92 Å². The highest BCUT2D eigenvalue weighted by Crippen LogP contribution is 2.19. The fourth-order valence-electron chi connectivity index (χ4n) is 3.87. The molecular formula is C25H35N5O8. The molecule has 2 rings (SSSR count). The van der Waals surface area contributed by atoms with E-state index in [9.17, 15) is 29.1 Å². The third-order valence-corrected chi connectivity index (χ3v) is 5.87. The smallest absolute Gasteiger partial charge is 0.326 e. The van der Waals surface area contributed by atoms with Crippen molar-refractivity contribution in [2.45, 2.75) is 63.7 Å². The Morgan fingerprint density at radius 1 is 0.921 bits per heavy atom. The number of aromatic amines is 1. The highest BCUT2D eigenvalue weighted by Gasteiger charge is 2.31. The van der Waals surface area contributed by atoms with Crippen molar-refractivity contribution in [3.8, 4) is 0 Å². The van der Waals surface area contributed by atoms with E-state index >= 15 is 0 Å². The van der Waals surface area contributed by atoms with Gasteiger partial charge in [-0.3, -0.25) is 19.2 Å². The van der Waals surface area contributed by atoms with Gasteiger partial charge in [0.1, 0.15) is 24.2 Å². The van der Waals surface area contributed by atoms with E-state index in [1.165, 1.54) is 0 Å². The molecule has 3 amide bonds. The number of carboxylic acids is 2. The lowest BCUT2D eigenvalue weighted by atomic mass is 10.0. The number of aliphatic carboxylic acids is 2. The summed E-state index contributed by atoms with van der Waals surface area (Å²) < 4.78 is 0. The summed E-state index contributed by atoms with van der Waals surface area (Å²) in [6, 6.07) is 2.12. The van der Waals surface area contributed by atoms with Gasteiger partial charge in [0.2, 0.25) is 17.7 Å². The fourth-order valence-corrected chi connectivity index (χ4v) is 3.87. The van der Waals surface area contributed by atoms with Crippen LogP contribution in [0.5, 0.6) is 0 Å². The van der Waals surface area contributed by atoms with Crippen molar-refractivity contribution in [2.75, 3.05) is 6.61 Å². The van der Waals surface area contributed by atoms with Crippen molar-refractivity contribution < 1.29 is 39.3 Å². The Balaban J connectivity index is 2.20. The number of nitrogens with two attached hydrogens (primary N) is 1. The van der Waals surface area contributed by atoms with Gasteiger partial charge in [-0.1, -0.05) is 32.0 Å². The van der Waals surface area contributed by atoms with Crippen molar-refractivity contribution in [1.29, 1.82) is 0 Å². The van der Waals surface area contributed by atoms with Gasteiger partial charge in [-0.15, -0.1) is 0 Å². The van der Waals surface area contributed by atoms with Crippen LogP contribution >= 0.6 is 0 Å². The minimum atomic E-state index is -1.39. The van der Waals surface area contributed by atoms with Crippen LogP contribution < -0.4 is 21.7 Å². The van der Waals surface area contributed by atoms with Gasteiger partial charge in [0.05, 0.1) is 6.61 Å². The van der Waals surface area contributed by atoms with Gasteiger partial charge in [0, 0.05) is 29.9 Å². The number of benzene rings is 1. The lowest BCUT2D eigenvalue weighted by Crippen LogP contribution is -2.57. The van der Waals surface area contributed by atoms with Crippen LogP contribution in [0.15, 0.2) is 30.5 Å². The van der Waals surface area contributed by atoms with Crippen LogP contribution in [-0.2, 0) is 30.4 Å². The number of hydrogen-bond donors (Lipinski definition) is 8. The largest absolute Gasteiger partial charge is 0.481 e. The number of carbonyl (C=O) groups excluding carboxylic acids is 3. The first-order chi connectivity index (χ1) is 17.9. The number of hydrogen-bond acceptors (Lipinski definition) is 7. The second kappa shape index (κ2) is 14.1. The van der Waals surface area contributed by atoms with Crippen molar-refractivity contribution in [3.05, 3.63) is 36.0 Å². The zero-order valence-electron chi connectivity index (χ0n) is 21.3. The SMILES string of the molecule is CC(C)CC(NC(=O)C(N)CO)C(=O)NC(CCC(=O)O)C(=O)NC(Cc1c[nH]c2ccccc12)C(=O)O. The molecule has 4 atom stereocenters. The maximum Gasteiger partial charge on any atom is 0.326 e. The zero-order chi connectivity index (χ0) is 28.4. The van der Waals surface area contributed by atoms with Crippen LogP contribution in [0.1, 0.15) is 38.7 Å². The molecule has 0 fully saturated rings. The second-order valence-electron chi connectivity index (χ2n) is 9.44. The lowest BCUT2D eigenvalue weighted by molar-refractivity contribution is -0.143. The van der Waals surface area contributed by atoms with E-state index in [0.29, 0.717) is 5.56 Å². The first-order valence-electron chi connectivity index (χ1n) is 12.2. The summed E-state index contributed by atoms with van der Waals surface area (Å²) in [4.78, 5) is 64.5. The number of fused-ring (bicyclic) bond motifs is 1. The Hall–Kier alpha value is -3.97. The normalized spacial score (nSPS) is 14.3. The van der Waals surface area contributed by atoms with E-state index in [1.807, 2.05) is 18.2 Å². The topological polar surface area (TPSA) is 224 Å². The molecule has 0 aliphatic rings. The minimum absolute atomic E-state index is 0.0598. The van der Waals surface area contributed by atoms with Crippen LogP contribution in [0.2, 0.25) is 0 Å². The maximum atomic E-state index is 13.1. The predicted octanol–water partition coefficient (Wildman–Crippen LogP) is -0.520. The number of carboxylic acid groups (broad SMARTS) is 2. The van der Waals surface area contributed by atoms with E-state index in [1.54, 1.807) is 26.1 Å². The molecule has 0 radical (unpaired) electrons. The summed E-state index contributed by atoms with van der Waals surface area (Å²) in [5, 5.41) is 36.0. The Morgan fingerprint density at radius 2 is 1.53 bits per heavy atom. The van der Waals surface area contributed by atoms with Gasteiger partial charge in [0.15, 0.2) is 0 Å². The molecule has 1 aromatic heterocycles. The van der Waals surface area contributed by atoms with Crippen molar-refractivity contribution in [2.24, 2.45) is 11.7 Å². The summed E-state index contributed by atoms with van der Waals surface area (Å²) in [6.07, 6.45) is 0.962. The molecule has 0 spiro atoms. The van der Waals surface area contributed by atoms with Gasteiger partial charge >= 0.3 is 11.9 Å². The fraction of sp³-hybridized carbons (Fsp3) is 0.480. The molecule has 13 heteroatoms. The average molecular weight is 534 g/mol. The molecule has 0 aliphatic carbocycles. The Bertz CT molecular complexity index is 1150. The van der Waals surface area contributed by atoms with Crippen molar-refractivity contribution >= 4 is 40.6 Å². The average Bonchev–Trinajstić information content (AvgIpc) is 3.27. The minimum Gasteiger partial charge on any atom is -0.481 e. The molecule has 4 unspecified atom stereocenters. The number of nitrogens with one attached hydrogen (secondary N) is 4. The lowest BCUT2D eigenvalue weighted by Gasteiger charge is -2.25. The molecular weight excluding hydrogens is 498 g/mol. The third-order valence-electron chi connectivity index (χ3n) is 5.87. The molecule has 208 valence electrons. The molecule has 38 heavy (non-hydrogen) atoms. The number of carbonyl (C=O) groups is 5. The monoisotopic (exact) mass is 533 g/mol. The molecule has 1 heterocycles. The molecule has 13 nitrogen and oxygen atoms in total. The number of H-pyrrole nitrogens is 1. The summed E-state index contributed by atoms with van der Waals surface area (Å²) in [5.41, 5.74) is 6.97. The Morgan fingerprint density at radius 3 is 2.13 bits per heavy atom. The second-order valence-corrected chi connectivity index (χ2v) is 9.44. The standard InChI is InChI=1S/C25H35N5O8/c1-13(2)9-19(29-22(34)16(26)12-31)24(36)28-18(7-8-21(32)33)23(35)30-20(25(37)38)10-14-11-27-17-6-4-3-5-15(14)17/h3-6,11,13,16,18-20,27,31H,7-10,12,26H2,1-2H3,(H,28,36)(H,29,34)(H,30,35)(H,32,33)(H,37,38). The van der Waals surface area contributed by atoms with Crippen LogP contribution in [0.4, 0.5) is 0 Å². The first kappa shape index (κ1) is 30.3. The van der Waals surface area contributed by atoms with E-state index in [-0.39, 0.29) is 25.2 Å². The number of aliphatic hydroxyl groups excluding tert-OH is 1. The molecule has 0 aliphatic heterocycles. The molecule has 0 saturated carbocycles. The van der Waals surface area contributed by atoms with Crippen LogP contribution in [0.3, 0.4) is 0 Å². The quantitative estimate of drug-likeness (QED) is 0.147. The molecule has 9 N–H and O–H groups in total. The van der Waals surface area contributed by atoms with E-state index in [0.717, 1.165) is 10.9 Å². The van der Waals surface area contributed by atoms with Gasteiger partial charge in [0.25, 0.3) is 0 Å². The van der Waals surface area contributed by atoms with Gasteiger partial charge in [-0.2, -0.15) is 0 Å². The zero-order valence-corrected chi connectivity index (χ0v) is 21.3. The predicted molar refractivity (Wildman–Crippen MR) is 137 cm³/mol. The van der Waals surface area contributed by atoms with E-state index < -0.39 is 66.9 Å². The number of rotatable bonds is 15. The summed E-state index contributed by atoms with van der Waals surface area (Å²) >= 11 is 0. The first-order valence-corrected chi connectivity index (χ1v) is 12.2. The van der Waals surface area contributed by atoms with Gasteiger partial charge in [-0.25, -0.2) is 4.79 Å². The van der Waals surface area contributed by atoms with Crippen LogP contribution in [-0.4, -0.2) is 80.7 Å². The molecule has 1 aromatic carbocycles. The Kier molecular flexibility index (Phi) is 11.2. The highest BCUT2D eigenvalue weighted by atomic mass is 16.4. The number of aliphatic hydroxyl groups is 1. The number of aromatic nitrogens is 1. The third kappa shape index (κ3) is 8.85. The summed E-state index contributed by atoms with van der Waals surface area (Å²) in [6.45, 7) is 2.96. The highest BCUT2D eigenvalue weighted by molar-refractivity contribution is 5.94. The van der Waals surface area contributed by atoms with Crippen molar-refractivity contribution in [1.82, 2.24) is 20.9 Å². The molecule has 2 aromatic rings. The number of amides is 3. The van der Waals surface area contributed by atoms with E-state index in [4.69, 9.17) is 15.9 Å². The summed E-state index contributed by atoms with van der Waals surface area (Å²) in [7, 11) is 0. The summed E-state index contributed by atoms with van der Waals surface area (Å²) in [5.74, 6) is -5.01. The number of para-hydroxylation sites is 1. The molecule has 0 saturated heterocycles. The van der Waals surface area contributed by atoms with Gasteiger partial charge < -0.3 is 42.0 Å². The molecule has 0 bridgehead atoms. The van der Waals surface area contributed by atoms with Crippen molar-refractivity contribution in [3.63, 3.8) is 0 Å². The van der Waals surface area contributed by atoms with Gasteiger partial charge in [-0.05, 0) is 30.4 Å². The van der Waals surface area contributed by atoms with Crippen LogP contribution in [0.25, 0.3) is 10.9 Å². The Labute approximate surface area is 219 Å².